The monoisotopic (exact) mass is 623 g/mol. The van der Waals surface area contributed by atoms with Gasteiger partial charge in [-0.1, -0.05) is 12.1 Å². The number of carbonyl (C=O) groups excluding carboxylic acids is 2. The Labute approximate surface area is 253 Å². The molecule has 1 aromatic heterocycles. The number of hydrogen-bond donors (Lipinski definition) is 3. The summed E-state index contributed by atoms with van der Waals surface area (Å²) in [5, 5.41) is 19.4. The summed E-state index contributed by atoms with van der Waals surface area (Å²) in [6, 6.07) is 3.75. The molecule has 4 atom stereocenters. The van der Waals surface area contributed by atoms with Gasteiger partial charge in [-0.3, -0.25) is 4.79 Å². The van der Waals surface area contributed by atoms with Gasteiger partial charge in [0.2, 0.25) is 10.0 Å². The summed E-state index contributed by atoms with van der Waals surface area (Å²) in [6.45, 7) is 9.39. The van der Waals surface area contributed by atoms with Crippen molar-refractivity contribution in [3.05, 3.63) is 35.2 Å². The number of aliphatic hydroxyl groups is 1. The Hall–Kier alpha value is -3.20. The Morgan fingerprint density at radius 3 is 2.58 bits per heavy atom. The predicted molar refractivity (Wildman–Crippen MR) is 163 cm³/mol. The van der Waals surface area contributed by atoms with Crippen LogP contribution in [0.25, 0.3) is 0 Å². The van der Waals surface area contributed by atoms with Crippen molar-refractivity contribution < 1.29 is 37.1 Å². The summed E-state index contributed by atoms with van der Waals surface area (Å²) < 4.78 is 43.1. The first-order chi connectivity index (χ1) is 20.2. The van der Waals surface area contributed by atoms with Crippen molar-refractivity contribution >= 4 is 33.3 Å². The second kappa shape index (κ2) is 15.0. The molecule has 14 heteroatoms. The molecule has 2 aromatic rings. The van der Waals surface area contributed by atoms with Gasteiger partial charge in [0.1, 0.15) is 17.1 Å². The SMILES string of the molecule is Cc1noc(C)c1NC(=O)Nc1ccc2c(c1)C(=O)N([C@H](C)CO)C[C@H](C)[C@@H](CN(C)S(C)(=O)=O)OCCCC[C@@H](C)O2. The van der Waals surface area contributed by atoms with Crippen LogP contribution < -0.4 is 15.4 Å². The number of fused-ring (bicyclic) bond motifs is 1. The Bertz CT molecular complexity index is 1350. The van der Waals surface area contributed by atoms with Crippen LogP contribution in [-0.4, -0.2) is 97.7 Å². The van der Waals surface area contributed by atoms with Crippen LogP contribution in [-0.2, 0) is 14.8 Å². The van der Waals surface area contributed by atoms with Crippen LogP contribution in [0.2, 0.25) is 0 Å². The number of carbonyl (C=O) groups is 2. The van der Waals surface area contributed by atoms with Crippen LogP contribution in [0.1, 0.15) is 61.8 Å². The average molecular weight is 624 g/mol. The van der Waals surface area contributed by atoms with Crippen LogP contribution in [0.5, 0.6) is 5.75 Å². The summed E-state index contributed by atoms with van der Waals surface area (Å²) in [5.74, 6) is 0.133. The number of benzene rings is 1. The van der Waals surface area contributed by atoms with Crippen molar-refractivity contribution in [2.45, 2.75) is 72.1 Å². The Morgan fingerprint density at radius 2 is 1.95 bits per heavy atom. The Morgan fingerprint density at radius 1 is 1.23 bits per heavy atom. The molecular formula is C29H45N5O8S. The summed E-state index contributed by atoms with van der Waals surface area (Å²) in [5.41, 5.74) is 1.56. The molecule has 3 rings (SSSR count). The molecule has 0 radical (unpaired) electrons. The highest BCUT2D eigenvalue weighted by atomic mass is 32.2. The van der Waals surface area contributed by atoms with Crippen LogP contribution in [0.4, 0.5) is 16.2 Å². The summed E-state index contributed by atoms with van der Waals surface area (Å²) in [7, 11) is -1.95. The van der Waals surface area contributed by atoms with Gasteiger partial charge in [-0.05, 0) is 65.2 Å². The summed E-state index contributed by atoms with van der Waals surface area (Å²) >= 11 is 0. The van der Waals surface area contributed by atoms with Crippen molar-refractivity contribution in [3.63, 3.8) is 0 Å². The van der Waals surface area contributed by atoms with E-state index in [0.29, 0.717) is 41.6 Å². The summed E-state index contributed by atoms with van der Waals surface area (Å²) in [4.78, 5) is 28.5. The zero-order chi connectivity index (χ0) is 31.9. The van der Waals surface area contributed by atoms with Gasteiger partial charge >= 0.3 is 6.03 Å². The Kier molecular flexibility index (Phi) is 12.0. The molecule has 0 bridgehead atoms. The number of likely N-dealkylation sites (N-methyl/N-ethyl adjacent to an activating group) is 1. The largest absolute Gasteiger partial charge is 0.490 e. The minimum atomic E-state index is -3.45. The normalized spacial score (nSPS) is 21.5. The zero-order valence-electron chi connectivity index (χ0n) is 26.0. The number of urea groups is 1. The van der Waals surface area contributed by atoms with Gasteiger partial charge in [0.05, 0.1) is 36.7 Å². The van der Waals surface area contributed by atoms with E-state index in [2.05, 4.69) is 15.8 Å². The first-order valence-corrected chi connectivity index (χ1v) is 16.3. The number of rotatable bonds is 7. The molecule has 1 aliphatic rings. The van der Waals surface area contributed by atoms with Crippen molar-refractivity contribution in [1.29, 1.82) is 0 Å². The molecule has 3 amide bonds. The molecule has 0 spiro atoms. The number of aromatic nitrogens is 1. The lowest BCUT2D eigenvalue weighted by Gasteiger charge is -2.35. The lowest BCUT2D eigenvalue weighted by Crippen LogP contribution is -2.47. The third kappa shape index (κ3) is 9.39. The number of aryl methyl sites for hydroxylation is 2. The van der Waals surface area contributed by atoms with Crippen molar-refractivity contribution in [2.75, 3.05) is 50.2 Å². The van der Waals surface area contributed by atoms with E-state index in [1.807, 2.05) is 13.8 Å². The van der Waals surface area contributed by atoms with E-state index in [4.69, 9.17) is 14.0 Å². The molecule has 1 aromatic carbocycles. The fourth-order valence-corrected chi connectivity index (χ4v) is 5.21. The lowest BCUT2D eigenvalue weighted by atomic mass is 10.0. The van der Waals surface area contributed by atoms with E-state index in [-0.39, 0.29) is 37.3 Å². The number of nitrogens with zero attached hydrogens (tertiary/aromatic N) is 3. The minimum Gasteiger partial charge on any atom is -0.490 e. The van der Waals surface area contributed by atoms with Gasteiger partial charge in [0.25, 0.3) is 5.91 Å². The van der Waals surface area contributed by atoms with Gasteiger partial charge in [-0.2, -0.15) is 0 Å². The number of hydrogen-bond acceptors (Lipinski definition) is 9. The average Bonchev–Trinajstić information content (AvgIpc) is 3.25. The van der Waals surface area contributed by atoms with E-state index in [1.165, 1.54) is 16.3 Å². The second-order valence-electron chi connectivity index (χ2n) is 11.3. The van der Waals surface area contributed by atoms with Crippen molar-refractivity contribution in [1.82, 2.24) is 14.4 Å². The van der Waals surface area contributed by atoms with E-state index >= 15 is 0 Å². The topological polar surface area (TPSA) is 164 Å². The van der Waals surface area contributed by atoms with Gasteiger partial charge in [-0.25, -0.2) is 17.5 Å². The predicted octanol–water partition coefficient (Wildman–Crippen LogP) is 3.62. The molecule has 240 valence electrons. The second-order valence-corrected chi connectivity index (χ2v) is 13.4. The number of nitrogens with one attached hydrogen (secondary N) is 2. The van der Waals surface area contributed by atoms with Crippen LogP contribution in [0.3, 0.4) is 0 Å². The highest BCUT2D eigenvalue weighted by molar-refractivity contribution is 7.88. The maximum absolute atomic E-state index is 14.2. The molecule has 0 aliphatic carbocycles. The fourth-order valence-electron chi connectivity index (χ4n) is 4.79. The van der Waals surface area contributed by atoms with Crippen LogP contribution in [0, 0.1) is 19.8 Å². The third-order valence-electron chi connectivity index (χ3n) is 7.58. The highest BCUT2D eigenvalue weighted by Gasteiger charge is 2.31. The fraction of sp³-hybridized carbons (Fsp3) is 0.621. The first-order valence-electron chi connectivity index (χ1n) is 14.5. The van der Waals surface area contributed by atoms with Crippen LogP contribution >= 0.6 is 0 Å². The third-order valence-corrected chi connectivity index (χ3v) is 8.87. The molecule has 13 nitrogen and oxygen atoms in total. The molecule has 43 heavy (non-hydrogen) atoms. The standard InChI is InChI=1S/C29H45N5O8S/c1-18-15-34(19(2)17-35)28(36)24-14-23(30-29(37)31-27-21(4)32-42-22(27)5)11-12-25(24)41-20(3)10-8-9-13-40-26(18)16-33(6)43(7,38)39/h11-12,14,18-20,26,35H,8-10,13,15-17H2,1-7H3,(H2,30,31,37)/t18-,19+,20+,26+/m0/s1. The number of amides is 3. The molecule has 0 saturated heterocycles. The van der Waals surface area contributed by atoms with E-state index in [1.54, 1.807) is 39.0 Å². The lowest BCUT2D eigenvalue weighted by molar-refractivity contribution is -0.00828. The number of sulfonamides is 1. The number of ether oxygens (including phenoxy) is 2. The van der Waals surface area contributed by atoms with Crippen LogP contribution in [0.15, 0.2) is 22.7 Å². The van der Waals surface area contributed by atoms with Gasteiger partial charge in [0.15, 0.2) is 5.76 Å². The van der Waals surface area contributed by atoms with Crippen molar-refractivity contribution in [2.24, 2.45) is 5.92 Å². The molecule has 0 unspecified atom stereocenters. The minimum absolute atomic E-state index is 0.125. The molecule has 0 fully saturated rings. The number of aliphatic hydroxyl groups excluding tert-OH is 1. The first kappa shape index (κ1) is 34.3. The van der Waals surface area contributed by atoms with E-state index < -0.39 is 34.1 Å². The molecule has 0 saturated carbocycles. The molecule has 2 heterocycles. The molecular weight excluding hydrogens is 578 g/mol. The smallest absolute Gasteiger partial charge is 0.323 e. The van der Waals surface area contributed by atoms with E-state index in [0.717, 1.165) is 19.1 Å². The number of anilines is 2. The Balaban J connectivity index is 1.96. The summed E-state index contributed by atoms with van der Waals surface area (Å²) in [6.07, 6.45) is 2.71. The maximum atomic E-state index is 14.2. The maximum Gasteiger partial charge on any atom is 0.323 e. The molecule has 3 N–H and O–H groups in total. The highest BCUT2D eigenvalue weighted by Crippen LogP contribution is 2.29. The van der Waals surface area contributed by atoms with Gasteiger partial charge in [0, 0.05) is 38.3 Å². The quantitative estimate of drug-likeness (QED) is 0.418. The zero-order valence-corrected chi connectivity index (χ0v) is 26.9. The van der Waals surface area contributed by atoms with Gasteiger partial charge in [-0.15, -0.1) is 0 Å². The van der Waals surface area contributed by atoms with E-state index in [9.17, 15) is 23.1 Å². The van der Waals surface area contributed by atoms with Crippen molar-refractivity contribution in [3.8, 4) is 5.75 Å². The molecule has 1 aliphatic heterocycles. The van der Waals surface area contributed by atoms with Gasteiger partial charge < -0.3 is 34.6 Å².